The van der Waals surface area contributed by atoms with Gasteiger partial charge in [0.2, 0.25) is 0 Å². The van der Waals surface area contributed by atoms with Crippen molar-refractivity contribution < 1.29 is 14.4 Å². The first-order valence-corrected chi connectivity index (χ1v) is 6.02. The van der Waals surface area contributed by atoms with Crippen molar-refractivity contribution in [3.63, 3.8) is 0 Å². The fourth-order valence-electron chi connectivity index (χ4n) is 1.61. The van der Waals surface area contributed by atoms with Crippen molar-refractivity contribution in [1.29, 1.82) is 0 Å². The molecule has 0 fully saturated rings. The van der Waals surface area contributed by atoms with Gasteiger partial charge in [0.25, 0.3) is 0 Å². The molecule has 0 saturated heterocycles. The highest BCUT2D eigenvalue weighted by Crippen LogP contribution is 2.25. The van der Waals surface area contributed by atoms with Gasteiger partial charge in [0.1, 0.15) is 16.8 Å². The number of halogens is 1. The second-order valence-electron chi connectivity index (χ2n) is 3.78. The van der Waals surface area contributed by atoms with Gasteiger partial charge in [-0.25, -0.2) is 0 Å². The summed E-state index contributed by atoms with van der Waals surface area (Å²) in [5, 5.41) is 20.4. The van der Waals surface area contributed by atoms with Crippen molar-refractivity contribution in [3.05, 3.63) is 62.3 Å². The third-order valence-corrected chi connectivity index (χ3v) is 2.93. The predicted octanol–water partition coefficient (Wildman–Crippen LogP) is 3.23. The molecular weight excluding hydrogens is 302 g/mol. The van der Waals surface area contributed by atoms with Gasteiger partial charge in [-0.05, 0) is 23.8 Å². The van der Waals surface area contributed by atoms with Crippen LogP contribution in [0.25, 0.3) is 0 Å². The molecule has 0 saturated carbocycles. The number of hydrogen-bond donors (Lipinski definition) is 1. The molecule has 0 spiro atoms. The number of nitro groups is 1. The Morgan fingerprint density at radius 2 is 2.17 bits per heavy atom. The first-order chi connectivity index (χ1) is 8.56. The normalized spacial score (nSPS) is 12.3. The number of aliphatic hydroxyl groups excluding tert-OH is 1. The minimum Gasteiger partial charge on any atom is -0.403 e. The maximum Gasteiger partial charge on any atom is 0.433 e. The van der Waals surface area contributed by atoms with Gasteiger partial charge in [-0.2, -0.15) is 0 Å². The summed E-state index contributed by atoms with van der Waals surface area (Å²) in [6, 6.07) is 10.1. The largest absolute Gasteiger partial charge is 0.433 e. The smallest absolute Gasteiger partial charge is 0.403 e. The molecule has 5 nitrogen and oxygen atoms in total. The Balaban J connectivity index is 2.11. The van der Waals surface area contributed by atoms with Crippen LogP contribution in [0.1, 0.15) is 17.4 Å². The number of benzene rings is 1. The third-order valence-electron chi connectivity index (χ3n) is 2.44. The van der Waals surface area contributed by atoms with E-state index in [-0.39, 0.29) is 11.6 Å². The monoisotopic (exact) mass is 311 g/mol. The summed E-state index contributed by atoms with van der Waals surface area (Å²) in [6.45, 7) is 0. The summed E-state index contributed by atoms with van der Waals surface area (Å²) in [4.78, 5) is 9.83. The Labute approximate surface area is 111 Å². The van der Waals surface area contributed by atoms with Gasteiger partial charge in [-0.3, -0.25) is 10.1 Å². The van der Waals surface area contributed by atoms with Crippen molar-refractivity contribution in [2.75, 3.05) is 0 Å². The SMILES string of the molecule is O=[N+]([O-])c1ccc(C(O)Cc2cccc(Br)c2)o1. The van der Waals surface area contributed by atoms with Crippen molar-refractivity contribution in [1.82, 2.24) is 0 Å². The topological polar surface area (TPSA) is 76.5 Å². The zero-order valence-electron chi connectivity index (χ0n) is 9.25. The van der Waals surface area contributed by atoms with Crippen molar-refractivity contribution in [3.8, 4) is 0 Å². The van der Waals surface area contributed by atoms with Crippen LogP contribution in [0.5, 0.6) is 0 Å². The minimum absolute atomic E-state index is 0.196. The van der Waals surface area contributed by atoms with E-state index in [0.717, 1.165) is 10.0 Å². The molecule has 0 aliphatic carbocycles. The maximum atomic E-state index is 10.5. The van der Waals surface area contributed by atoms with Crippen LogP contribution >= 0.6 is 15.9 Å². The Kier molecular flexibility index (Phi) is 3.78. The zero-order chi connectivity index (χ0) is 13.1. The standard InChI is InChI=1S/C12H10BrNO4/c13-9-3-1-2-8(6-9)7-10(15)11-4-5-12(18-11)14(16)17/h1-6,10,15H,7H2. The van der Waals surface area contributed by atoms with Crippen LogP contribution in [-0.2, 0) is 6.42 Å². The molecule has 1 aromatic heterocycles. The molecule has 0 bridgehead atoms. The fraction of sp³-hybridized carbons (Fsp3) is 0.167. The molecule has 0 aliphatic heterocycles. The van der Waals surface area contributed by atoms with Crippen molar-refractivity contribution in [2.24, 2.45) is 0 Å². The molecule has 6 heteroatoms. The Hall–Kier alpha value is -1.66. The van der Waals surface area contributed by atoms with Crippen LogP contribution in [0.15, 0.2) is 45.3 Å². The van der Waals surface area contributed by atoms with Crippen molar-refractivity contribution >= 4 is 21.8 Å². The lowest BCUT2D eigenvalue weighted by molar-refractivity contribution is -0.402. The molecular formula is C12H10BrNO4. The molecule has 0 aliphatic rings. The van der Waals surface area contributed by atoms with Crippen LogP contribution in [0.4, 0.5) is 5.88 Å². The summed E-state index contributed by atoms with van der Waals surface area (Å²) >= 11 is 3.34. The van der Waals surface area contributed by atoms with E-state index in [9.17, 15) is 15.2 Å². The summed E-state index contributed by atoms with van der Waals surface area (Å²) < 4.78 is 5.86. The second-order valence-corrected chi connectivity index (χ2v) is 4.70. The molecule has 0 amide bonds. The predicted molar refractivity (Wildman–Crippen MR) is 68.2 cm³/mol. The number of aliphatic hydroxyl groups is 1. The Morgan fingerprint density at radius 3 is 2.78 bits per heavy atom. The van der Waals surface area contributed by atoms with E-state index in [4.69, 9.17) is 4.42 Å². The number of furan rings is 1. The summed E-state index contributed by atoms with van der Waals surface area (Å²) in [5.74, 6) is -0.167. The van der Waals surface area contributed by atoms with Crippen molar-refractivity contribution in [2.45, 2.75) is 12.5 Å². The van der Waals surface area contributed by atoms with E-state index in [1.807, 2.05) is 24.3 Å². The molecule has 94 valence electrons. The molecule has 1 heterocycles. The zero-order valence-corrected chi connectivity index (χ0v) is 10.8. The van der Waals surface area contributed by atoms with Crippen LogP contribution in [0, 0.1) is 10.1 Å². The van der Waals surface area contributed by atoms with Crippen LogP contribution in [0.3, 0.4) is 0 Å². The average molecular weight is 312 g/mol. The van der Waals surface area contributed by atoms with E-state index in [1.165, 1.54) is 12.1 Å². The first kappa shape index (κ1) is 12.8. The van der Waals surface area contributed by atoms with E-state index < -0.39 is 11.0 Å². The van der Waals surface area contributed by atoms with E-state index in [1.54, 1.807) is 0 Å². The molecule has 1 unspecified atom stereocenters. The summed E-state index contributed by atoms with van der Waals surface area (Å²) in [5.41, 5.74) is 0.913. The lowest BCUT2D eigenvalue weighted by Gasteiger charge is -2.07. The lowest BCUT2D eigenvalue weighted by atomic mass is 10.1. The number of rotatable bonds is 4. The molecule has 1 N–H and O–H groups in total. The molecule has 1 atom stereocenters. The van der Waals surface area contributed by atoms with E-state index in [0.29, 0.717) is 6.42 Å². The quantitative estimate of drug-likeness (QED) is 0.694. The molecule has 2 rings (SSSR count). The highest BCUT2D eigenvalue weighted by atomic mass is 79.9. The van der Waals surface area contributed by atoms with E-state index >= 15 is 0 Å². The molecule has 18 heavy (non-hydrogen) atoms. The van der Waals surface area contributed by atoms with Gasteiger partial charge in [-0.1, -0.05) is 28.1 Å². The third kappa shape index (κ3) is 2.96. The van der Waals surface area contributed by atoms with E-state index in [2.05, 4.69) is 15.9 Å². The fourth-order valence-corrected chi connectivity index (χ4v) is 2.05. The molecule has 2 aromatic rings. The van der Waals surface area contributed by atoms with Gasteiger partial charge in [0.15, 0.2) is 0 Å². The average Bonchev–Trinajstić information content (AvgIpc) is 2.78. The van der Waals surface area contributed by atoms with Gasteiger partial charge < -0.3 is 9.52 Å². The first-order valence-electron chi connectivity index (χ1n) is 5.23. The lowest BCUT2D eigenvalue weighted by Crippen LogP contribution is -2.00. The Morgan fingerprint density at radius 1 is 1.39 bits per heavy atom. The van der Waals surface area contributed by atoms with Gasteiger partial charge in [0, 0.05) is 10.9 Å². The van der Waals surface area contributed by atoms with Crippen LogP contribution in [-0.4, -0.2) is 10.0 Å². The summed E-state index contributed by atoms with van der Waals surface area (Å²) in [6.07, 6.45) is -0.558. The number of hydrogen-bond acceptors (Lipinski definition) is 4. The van der Waals surface area contributed by atoms with Gasteiger partial charge >= 0.3 is 5.88 Å². The Bertz CT molecular complexity index is 567. The minimum atomic E-state index is -0.895. The molecule has 0 radical (unpaired) electrons. The van der Waals surface area contributed by atoms with Gasteiger partial charge in [-0.15, -0.1) is 0 Å². The second kappa shape index (κ2) is 5.32. The summed E-state index contributed by atoms with van der Waals surface area (Å²) in [7, 11) is 0. The highest BCUT2D eigenvalue weighted by Gasteiger charge is 2.18. The maximum absolute atomic E-state index is 10.5. The van der Waals surface area contributed by atoms with Crippen LogP contribution < -0.4 is 0 Å². The number of nitrogens with zero attached hydrogens (tertiary/aromatic N) is 1. The van der Waals surface area contributed by atoms with Crippen LogP contribution in [0.2, 0.25) is 0 Å². The highest BCUT2D eigenvalue weighted by molar-refractivity contribution is 9.10. The van der Waals surface area contributed by atoms with Gasteiger partial charge in [0.05, 0.1) is 6.07 Å². The molecule has 1 aromatic carbocycles.